The Kier molecular flexibility index (Phi) is 6.12. The molecule has 0 aromatic heterocycles. The number of alkyl halides is 1. The van der Waals surface area contributed by atoms with Crippen LogP contribution in [0, 0.1) is 57.7 Å². The summed E-state index contributed by atoms with van der Waals surface area (Å²) in [6.45, 7) is 12.6. The summed E-state index contributed by atoms with van der Waals surface area (Å²) in [5, 5.41) is 0.339. The molecule has 5 saturated carbocycles. The van der Waals surface area contributed by atoms with Gasteiger partial charge in [0.25, 0.3) is 0 Å². The summed E-state index contributed by atoms with van der Waals surface area (Å²) < 4.78 is 6.26. The van der Waals surface area contributed by atoms with E-state index >= 15 is 0 Å². The molecule has 0 saturated heterocycles. The highest BCUT2D eigenvalue weighted by Gasteiger charge is 2.78. The summed E-state index contributed by atoms with van der Waals surface area (Å²) in [7, 11) is 0. The van der Waals surface area contributed by atoms with Crippen LogP contribution in [0.3, 0.4) is 0 Å². The number of hydrogen-bond acceptors (Lipinski definition) is 2. The first-order valence-electron chi connectivity index (χ1n) is 13.9. The quantitative estimate of drug-likeness (QED) is 0.258. The maximum absolute atomic E-state index is 12.4. The number of halogens is 1. The molecule has 5 aliphatic carbocycles. The minimum Gasteiger partial charge on any atom is -0.461 e. The molecule has 0 N–H and O–H groups in total. The number of esters is 1. The van der Waals surface area contributed by atoms with Crippen molar-refractivity contribution in [3.8, 4) is 0 Å². The maximum atomic E-state index is 12.4. The van der Waals surface area contributed by atoms with Gasteiger partial charge < -0.3 is 4.74 Å². The van der Waals surface area contributed by atoms with E-state index in [4.69, 9.17) is 4.74 Å². The van der Waals surface area contributed by atoms with E-state index in [2.05, 4.69) is 50.5 Å². The normalized spacial score (nSPS) is 49.7. The molecule has 0 heterocycles. The number of fused-ring (bicyclic) bond motifs is 4. The van der Waals surface area contributed by atoms with Crippen LogP contribution in [-0.2, 0) is 9.53 Å². The van der Waals surface area contributed by atoms with E-state index in [1.807, 2.05) is 0 Å². The SMILES string of the molecule is CC(C)CCCC(C)C1CCC2C3CC(OC(=O)CBr)C45C[C@H]4CCC5(C)C3CCC12C. The third-order valence-electron chi connectivity index (χ3n) is 12.1. The van der Waals surface area contributed by atoms with E-state index in [1.54, 1.807) is 0 Å². The Labute approximate surface area is 205 Å². The highest BCUT2D eigenvalue weighted by atomic mass is 79.9. The molecule has 5 rings (SSSR count). The zero-order valence-electron chi connectivity index (χ0n) is 21.3. The maximum Gasteiger partial charge on any atom is 0.316 e. The molecule has 0 bridgehead atoms. The summed E-state index contributed by atoms with van der Waals surface area (Å²) in [6, 6.07) is 0. The Bertz CT molecular complexity index is 735. The molecular weight excluding hydrogens is 460 g/mol. The summed E-state index contributed by atoms with van der Waals surface area (Å²) in [4.78, 5) is 12.4. The van der Waals surface area contributed by atoms with Crippen LogP contribution in [0.1, 0.15) is 105 Å². The van der Waals surface area contributed by atoms with Crippen LogP contribution >= 0.6 is 15.9 Å². The van der Waals surface area contributed by atoms with E-state index < -0.39 is 0 Å². The van der Waals surface area contributed by atoms with Gasteiger partial charge in [0.15, 0.2) is 0 Å². The number of rotatable bonds is 7. The van der Waals surface area contributed by atoms with E-state index in [-0.39, 0.29) is 12.1 Å². The predicted molar refractivity (Wildman–Crippen MR) is 135 cm³/mol. The minimum absolute atomic E-state index is 0.0376. The predicted octanol–water partition coefficient (Wildman–Crippen LogP) is 8.02. The smallest absolute Gasteiger partial charge is 0.316 e. The molecule has 0 radical (unpaired) electrons. The fourth-order valence-electron chi connectivity index (χ4n) is 10.6. The molecule has 0 aromatic carbocycles. The zero-order valence-corrected chi connectivity index (χ0v) is 22.9. The molecule has 10 atom stereocenters. The average Bonchev–Trinajstić information content (AvgIpc) is 3.26. The molecule has 1 spiro atoms. The third kappa shape index (κ3) is 3.32. The van der Waals surface area contributed by atoms with Gasteiger partial charge in [0.2, 0.25) is 0 Å². The van der Waals surface area contributed by atoms with Crippen molar-refractivity contribution in [3.05, 3.63) is 0 Å². The van der Waals surface area contributed by atoms with Crippen molar-refractivity contribution in [2.75, 3.05) is 5.33 Å². The summed E-state index contributed by atoms with van der Waals surface area (Å²) in [5.74, 6) is 5.84. The fraction of sp³-hybridized carbons (Fsp3) is 0.966. The molecule has 9 unspecified atom stereocenters. The lowest BCUT2D eigenvalue weighted by molar-refractivity contribution is -0.181. The van der Waals surface area contributed by atoms with Gasteiger partial charge in [0.1, 0.15) is 11.4 Å². The van der Waals surface area contributed by atoms with Crippen molar-refractivity contribution in [1.29, 1.82) is 0 Å². The van der Waals surface area contributed by atoms with Crippen LogP contribution in [0.4, 0.5) is 0 Å². The number of hydrogen-bond donors (Lipinski definition) is 0. The van der Waals surface area contributed by atoms with Gasteiger partial charge in [-0.25, -0.2) is 0 Å². The van der Waals surface area contributed by atoms with Gasteiger partial charge in [0.05, 0.1) is 0 Å². The van der Waals surface area contributed by atoms with Crippen molar-refractivity contribution in [1.82, 2.24) is 0 Å². The molecule has 0 aromatic rings. The van der Waals surface area contributed by atoms with Gasteiger partial charge in [-0.15, -0.1) is 0 Å². The Balaban J connectivity index is 1.37. The lowest BCUT2D eigenvalue weighted by Crippen LogP contribution is -2.57. The molecule has 182 valence electrons. The van der Waals surface area contributed by atoms with E-state index in [9.17, 15) is 4.79 Å². The second-order valence-corrected chi connectivity index (χ2v) is 14.2. The van der Waals surface area contributed by atoms with Gasteiger partial charge >= 0.3 is 5.97 Å². The summed E-state index contributed by atoms with van der Waals surface area (Å²) >= 11 is 3.36. The van der Waals surface area contributed by atoms with Crippen LogP contribution in [-0.4, -0.2) is 17.4 Å². The van der Waals surface area contributed by atoms with Crippen LogP contribution < -0.4 is 0 Å². The van der Waals surface area contributed by atoms with Gasteiger partial charge in [-0.1, -0.05) is 69.8 Å². The second kappa shape index (κ2) is 8.27. The minimum atomic E-state index is -0.0376. The summed E-state index contributed by atoms with van der Waals surface area (Å²) in [5.41, 5.74) is 1.23. The number of ether oxygens (including phenoxy) is 1. The molecule has 0 aliphatic heterocycles. The van der Waals surface area contributed by atoms with Crippen LogP contribution in [0.15, 0.2) is 0 Å². The molecule has 5 fully saturated rings. The van der Waals surface area contributed by atoms with Crippen molar-refractivity contribution in [2.24, 2.45) is 57.7 Å². The van der Waals surface area contributed by atoms with Crippen LogP contribution in [0.5, 0.6) is 0 Å². The first-order valence-corrected chi connectivity index (χ1v) is 15.0. The highest BCUT2D eigenvalue weighted by Crippen LogP contribution is 2.82. The highest BCUT2D eigenvalue weighted by molar-refractivity contribution is 9.09. The average molecular weight is 508 g/mol. The third-order valence-corrected chi connectivity index (χ3v) is 12.6. The van der Waals surface area contributed by atoms with Gasteiger partial charge in [-0.2, -0.15) is 0 Å². The Morgan fingerprint density at radius 1 is 1.03 bits per heavy atom. The number of carbonyl (C=O) groups is 1. The first-order chi connectivity index (χ1) is 15.2. The van der Waals surface area contributed by atoms with E-state index in [0.29, 0.717) is 21.6 Å². The fourth-order valence-corrected chi connectivity index (χ4v) is 10.8. The standard InChI is InChI=1S/C29H47BrO2/c1-18(2)7-6-8-19(3)22-9-10-23-21-15-25(32-26(31)17-30)29-16-20(29)11-14-28(29,5)24(21)12-13-27(22,23)4/h18-25H,6-17H2,1-5H3/t19?,20-,21?,22?,23?,24?,25?,27?,28?,29?/m1/s1. The summed E-state index contributed by atoms with van der Waals surface area (Å²) in [6.07, 6.45) is 15.3. The van der Waals surface area contributed by atoms with Crippen molar-refractivity contribution in [3.63, 3.8) is 0 Å². The Morgan fingerprint density at radius 2 is 1.81 bits per heavy atom. The van der Waals surface area contributed by atoms with Crippen molar-refractivity contribution in [2.45, 2.75) is 111 Å². The molecule has 3 heteroatoms. The van der Waals surface area contributed by atoms with Gasteiger partial charge in [-0.3, -0.25) is 4.79 Å². The van der Waals surface area contributed by atoms with Gasteiger partial charge in [0, 0.05) is 5.41 Å². The molecule has 5 aliphatic rings. The molecule has 32 heavy (non-hydrogen) atoms. The molecule has 0 amide bonds. The monoisotopic (exact) mass is 506 g/mol. The molecular formula is C29H47BrO2. The lowest BCUT2D eigenvalue weighted by atomic mass is 9.45. The largest absolute Gasteiger partial charge is 0.461 e. The number of carbonyl (C=O) groups excluding carboxylic acids is 1. The first kappa shape index (κ1) is 23.7. The van der Waals surface area contributed by atoms with E-state index in [0.717, 1.165) is 47.8 Å². The van der Waals surface area contributed by atoms with E-state index in [1.165, 1.54) is 64.2 Å². The van der Waals surface area contributed by atoms with Crippen LogP contribution in [0.2, 0.25) is 0 Å². The van der Waals surface area contributed by atoms with Crippen molar-refractivity contribution < 1.29 is 9.53 Å². The Morgan fingerprint density at radius 3 is 2.50 bits per heavy atom. The Hall–Kier alpha value is -0.0500. The topological polar surface area (TPSA) is 26.3 Å². The van der Waals surface area contributed by atoms with Crippen molar-refractivity contribution >= 4 is 21.9 Å². The van der Waals surface area contributed by atoms with Gasteiger partial charge in [-0.05, 0) is 104 Å². The van der Waals surface area contributed by atoms with Crippen LogP contribution in [0.25, 0.3) is 0 Å². The zero-order chi connectivity index (χ0) is 22.9. The second-order valence-electron chi connectivity index (χ2n) is 13.7. The molecule has 2 nitrogen and oxygen atoms in total. The lowest BCUT2D eigenvalue weighted by Gasteiger charge is -2.60.